The number of para-hydroxylation sites is 2. The normalized spacial score (nSPS) is 10.3. The van der Waals surface area contributed by atoms with Gasteiger partial charge in [0.1, 0.15) is 0 Å². The molecule has 3 nitrogen and oxygen atoms in total. The zero-order valence-corrected chi connectivity index (χ0v) is 11.6. The lowest BCUT2D eigenvalue weighted by molar-refractivity contribution is 0.286. The molecule has 0 heterocycles. The van der Waals surface area contributed by atoms with Gasteiger partial charge in [0, 0.05) is 0 Å². The third-order valence-electron chi connectivity index (χ3n) is 2.78. The Morgan fingerprint density at radius 1 is 1.00 bits per heavy atom. The van der Waals surface area contributed by atoms with Crippen LogP contribution in [0.5, 0.6) is 11.5 Å². The van der Waals surface area contributed by atoms with Gasteiger partial charge in [0.15, 0.2) is 11.5 Å². The molecule has 1 N–H and O–H groups in total. The second-order valence-corrected chi connectivity index (χ2v) is 4.31. The molecule has 0 spiro atoms. The van der Waals surface area contributed by atoms with Crippen molar-refractivity contribution in [2.45, 2.75) is 32.6 Å². The first kappa shape index (κ1) is 14.8. The summed E-state index contributed by atoms with van der Waals surface area (Å²) in [6.45, 7) is 5.16. The van der Waals surface area contributed by atoms with Crippen molar-refractivity contribution in [1.29, 1.82) is 0 Å². The number of methoxy groups -OCH3 is 1. The van der Waals surface area contributed by atoms with E-state index in [4.69, 9.17) is 9.47 Å². The van der Waals surface area contributed by atoms with Crippen molar-refractivity contribution in [3.05, 3.63) is 24.3 Å². The van der Waals surface area contributed by atoms with Crippen molar-refractivity contribution in [3.8, 4) is 11.5 Å². The van der Waals surface area contributed by atoms with E-state index < -0.39 is 0 Å². The number of hydrogen-bond donors (Lipinski definition) is 1. The molecule has 0 aliphatic heterocycles. The van der Waals surface area contributed by atoms with Gasteiger partial charge in [0.25, 0.3) is 0 Å². The van der Waals surface area contributed by atoms with E-state index in [-0.39, 0.29) is 0 Å². The molecular formula is C15H25NO2. The van der Waals surface area contributed by atoms with Crippen LogP contribution in [0.15, 0.2) is 24.3 Å². The van der Waals surface area contributed by atoms with Crippen LogP contribution in [0, 0.1) is 0 Å². The summed E-state index contributed by atoms with van der Waals surface area (Å²) in [6, 6.07) is 7.77. The molecule has 0 aliphatic carbocycles. The molecule has 0 aliphatic rings. The molecular weight excluding hydrogens is 226 g/mol. The standard InChI is InChI=1S/C15H25NO2/c1-3-4-11-16-12-7-8-13-18-15-10-6-5-9-14(15)17-2/h5-6,9-10,16H,3-4,7-8,11-13H2,1-2H3. The first-order valence-electron chi connectivity index (χ1n) is 6.85. The van der Waals surface area contributed by atoms with Crippen LogP contribution in [0.2, 0.25) is 0 Å². The van der Waals surface area contributed by atoms with E-state index in [1.165, 1.54) is 12.8 Å². The first-order valence-corrected chi connectivity index (χ1v) is 6.85. The molecule has 1 aromatic carbocycles. The largest absolute Gasteiger partial charge is 0.493 e. The van der Waals surface area contributed by atoms with Crippen LogP contribution in [0.1, 0.15) is 32.6 Å². The molecule has 0 amide bonds. The Bertz CT molecular complexity index is 315. The fraction of sp³-hybridized carbons (Fsp3) is 0.600. The Labute approximate surface area is 110 Å². The smallest absolute Gasteiger partial charge is 0.161 e. The number of rotatable bonds is 10. The highest BCUT2D eigenvalue weighted by Crippen LogP contribution is 2.25. The molecule has 0 unspecified atom stereocenters. The van der Waals surface area contributed by atoms with Crippen molar-refractivity contribution >= 4 is 0 Å². The van der Waals surface area contributed by atoms with Crippen molar-refractivity contribution in [2.24, 2.45) is 0 Å². The summed E-state index contributed by atoms with van der Waals surface area (Å²) in [7, 11) is 1.67. The van der Waals surface area contributed by atoms with Crippen LogP contribution < -0.4 is 14.8 Å². The van der Waals surface area contributed by atoms with Crippen LogP contribution in [-0.2, 0) is 0 Å². The Balaban J connectivity index is 2.07. The fourth-order valence-electron chi connectivity index (χ4n) is 1.70. The van der Waals surface area contributed by atoms with Gasteiger partial charge in [-0.3, -0.25) is 0 Å². The van der Waals surface area contributed by atoms with Gasteiger partial charge in [-0.1, -0.05) is 25.5 Å². The van der Waals surface area contributed by atoms with Gasteiger partial charge < -0.3 is 14.8 Å². The molecule has 1 aromatic rings. The molecule has 0 saturated carbocycles. The summed E-state index contributed by atoms with van der Waals surface area (Å²) in [5.41, 5.74) is 0. The summed E-state index contributed by atoms with van der Waals surface area (Å²) in [6.07, 6.45) is 4.73. The van der Waals surface area contributed by atoms with E-state index >= 15 is 0 Å². The number of nitrogens with one attached hydrogen (secondary N) is 1. The summed E-state index contributed by atoms with van der Waals surface area (Å²) >= 11 is 0. The van der Waals surface area contributed by atoms with Crippen molar-refractivity contribution in [1.82, 2.24) is 5.32 Å². The third-order valence-corrected chi connectivity index (χ3v) is 2.78. The average Bonchev–Trinajstić information content (AvgIpc) is 2.42. The minimum atomic E-state index is 0.746. The fourth-order valence-corrected chi connectivity index (χ4v) is 1.70. The summed E-state index contributed by atoms with van der Waals surface area (Å²) in [5, 5.41) is 3.43. The average molecular weight is 251 g/mol. The third kappa shape index (κ3) is 5.92. The first-order chi connectivity index (χ1) is 8.88. The van der Waals surface area contributed by atoms with E-state index in [1.54, 1.807) is 7.11 Å². The minimum Gasteiger partial charge on any atom is -0.493 e. The molecule has 0 atom stereocenters. The predicted octanol–water partition coefficient (Wildman–Crippen LogP) is 3.24. The van der Waals surface area contributed by atoms with Crippen molar-refractivity contribution in [3.63, 3.8) is 0 Å². The number of hydrogen-bond acceptors (Lipinski definition) is 3. The Morgan fingerprint density at radius 3 is 2.44 bits per heavy atom. The van der Waals surface area contributed by atoms with Gasteiger partial charge in [-0.05, 0) is 44.5 Å². The van der Waals surface area contributed by atoms with Gasteiger partial charge in [-0.15, -0.1) is 0 Å². The molecule has 0 fully saturated rings. The molecule has 3 heteroatoms. The highest BCUT2D eigenvalue weighted by molar-refractivity contribution is 5.39. The highest BCUT2D eigenvalue weighted by atomic mass is 16.5. The maximum atomic E-state index is 5.70. The second kappa shape index (κ2) is 9.77. The zero-order valence-electron chi connectivity index (χ0n) is 11.6. The van der Waals surface area contributed by atoms with Gasteiger partial charge in [0.05, 0.1) is 13.7 Å². The summed E-state index contributed by atoms with van der Waals surface area (Å²) < 4.78 is 10.9. The maximum Gasteiger partial charge on any atom is 0.161 e. The monoisotopic (exact) mass is 251 g/mol. The predicted molar refractivity (Wildman–Crippen MR) is 75.5 cm³/mol. The van der Waals surface area contributed by atoms with Gasteiger partial charge in [0.2, 0.25) is 0 Å². The SMILES string of the molecule is CCCCNCCCCOc1ccccc1OC. The van der Waals surface area contributed by atoms with Crippen molar-refractivity contribution < 1.29 is 9.47 Å². The molecule has 0 aromatic heterocycles. The quantitative estimate of drug-likeness (QED) is 0.648. The van der Waals surface area contributed by atoms with Crippen LogP contribution >= 0.6 is 0 Å². The zero-order chi connectivity index (χ0) is 13.1. The Morgan fingerprint density at radius 2 is 1.72 bits per heavy atom. The number of benzene rings is 1. The van der Waals surface area contributed by atoms with Gasteiger partial charge in [-0.25, -0.2) is 0 Å². The van der Waals surface area contributed by atoms with Crippen molar-refractivity contribution in [2.75, 3.05) is 26.8 Å². The van der Waals surface area contributed by atoms with E-state index in [0.717, 1.165) is 44.0 Å². The maximum absolute atomic E-state index is 5.70. The summed E-state index contributed by atoms with van der Waals surface area (Å²) in [5.74, 6) is 1.64. The van der Waals surface area contributed by atoms with E-state index in [1.807, 2.05) is 24.3 Å². The molecule has 18 heavy (non-hydrogen) atoms. The van der Waals surface area contributed by atoms with Crippen LogP contribution in [0.4, 0.5) is 0 Å². The van der Waals surface area contributed by atoms with E-state index in [9.17, 15) is 0 Å². The number of unbranched alkanes of at least 4 members (excludes halogenated alkanes) is 2. The van der Waals surface area contributed by atoms with Crippen LogP contribution in [0.25, 0.3) is 0 Å². The second-order valence-electron chi connectivity index (χ2n) is 4.31. The van der Waals surface area contributed by atoms with E-state index in [0.29, 0.717) is 0 Å². The molecule has 0 bridgehead atoms. The topological polar surface area (TPSA) is 30.5 Å². The minimum absolute atomic E-state index is 0.746. The lowest BCUT2D eigenvalue weighted by Gasteiger charge is -2.10. The van der Waals surface area contributed by atoms with E-state index in [2.05, 4.69) is 12.2 Å². The van der Waals surface area contributed by atoms with Gasteiger partial charge >= 0.3 is 0 Å². The molecule has 0 saturated heterocycles. The molecule has 1 rings (SSSR count). The van der Waals surface area contributed by atoms with Crippen LogP contribution in [-0.4, -0.2) is 26.8 Å². The lowest BCUT2D eigenvalue weighted by atomic mass is 10.3. The van der Waals surface area contributed by atoms with Gasteiger partial charge in [-0.2, -0.15) is 0 Å². The Kier molecular flexibility index (Phi) is 8.06. The number of ether oxygens (including phenoxy) is 2. The lowest BCUT2D eigenvalue weighted by Crippen LogP contribution is -2.17. The highest BCUT2D eigenvalue weighted by Gasteiger charge is 2.01. The molecule has 102 valence electrons. The van der Waals surface area contributed by atoms with Crippen LogP contribution in [0.3, 0.4) is 0 Å². The molecule has 0 radical (unpaired) electrons. The summed E-state index contributed by atoms with van der Waals surface area (Å²) in [4.78, 5) is 0. The Hall–Kier alpha value is -1.22.